The number of benzene rings is 1. The molecule has 1 aromatic carbocycles. The lowest BCUT2D eigenvalue weighted by Crippen LogP contribution is -2.47. The first-order valence-corrected chi connectivity index (χ1v) is 10.7. The first kappa shape index (κ1) is 18.7. The fourth-order valence-electron chi connectivity index (χ4n) is 4.30. The number of hydrogen-bond acceptors (Lipinski definition) is 4. The molecule has 0 unspecified atom stereocenters. The van der Waals surface area contributed by atoms with Gasteiger partial charge in [0, 0.05) is 25.7 Å². The van der Waals surface area contributed by atoms with Crippen LogP contribution in [0.1, 0.15) is 30.4 Å². The van der Waals surface area contributed by atoms with Gasteiger partial charge in [-0.2, -0.15) is 11.3 Å². The van der Waals surface area contributed by atoms with E-state index >= 15 is 0 Å². The first-order chi connectivity index (χ1) is 13.1. The molecule has 27 heavy (non-hydrogen) atoms. The zero-order chi connectivity index (χ0) is 18.7. The molecule has 0 radical (unpaired) electrons. The summed E-state index contributed by atoms with van der Waals surface area (Å²) in [6.45, 7) is 3.39. The highest BCUT2D eigenvalue weighted by Gasteiger charge is 2.44. The second-order valence-electron chi connectivity index (χ2n) is 7.94. The van der Waals surface area contributed by atoms with Crippen molar-refractivity contribution in [3.05, 3.63) is 58.3 Å². The number of hydrogen-bond donors (Lipinski definition) is 0. The van der Waals surface area contributed by atoms with Crippen LogP contribution in [0.4, 0.5) is 0 Å². The van der Waals surface area contributed by atoms with Crippen molar-refractivity contribution in [1.82, 2.24) is 9.80 Å². The fourth-order valence-corrected chi connectivity index (χ4v) is 4.96. The molecule has 2 aliphatic rings. The van der Waals surface area contributed by atoms with E-state index in [-0.39, 0.29) is 11.5 Å². The van der Waals surface area contributed by atoms with E-state index in [1.165, 1.54) is 5.56 Å². The minimum Gasteiger partial charge on any atom is -0.373 e. The van der Waals surface area contributed by atoms with Crippen molar-refractivity contribution in [1.29, 1.82) is 0 Å². The Hall–Kier alpha value is -1.69. The Bertz CT molecular complexity index is 739. The van der Waals surface area contributed by atoms with E-state index in [2.05, 4.69) is 47.7 Å². The second-order valence-corrected chi connectivity index (χ2v) is 8.72. The Balaban J connectivity index is 1.28. The molecule has 3 heterocycles. The number of rotatable bonds is 5. The van der Waals surface area contributed by atoms with Crippen LogP contribution < -0.4 is 0 Å². The van der Waals surface area contributed by atoms with E-state index in [9.17, 15) is 4.79 Å². The maximum absolute atomic E-state index is 12.5. The normalized spacial score (nSPS) is 21.9. The number of carbonyl (C=O) groups is 1. The van der Waals surface area contributed by atoms with Crippen LogP contribution in [0, 0.1) is 0 Å². The summed E-state index contributed by atoms with van der Waals surface area (Å²) < 4.78 is 6.31. The van der Waals surface area contributed by atoms with Gasteiger partial charge in [0.2, 0.25) is 5.91 Å². The first-order valence-electron chi connectivity index (χ1n) is 9.81. The summed E-state index contributed by atoms with van der Waals surface area (Å²) in [5.41, 5.74) is 2.44. The summed E-state index contributed by atoms with van der Waals surface area (Å²) in [5, 5.41) is 4.10. The smallest absolute Gasteiger partial charge is 0.227 e. The van der Waals surface area contributed by atoms with Crippen LogP contribution in [0.3, 0.4) is 0 Å². The molecule has 144 valence electrons. The van der Waals surface area contributed by atoms with Crippen molar-refractivity contribution in [3.63, 3.8) is 0 Å². The second kappa shape index (κ2) is 8.13. The van der Waals surface area contributed by atoms with E-state index in [1.54, 1.807) is 11.3 Å². The van der Waals surface area contributed by atoms with Crippen molar-refractivity contribution >= 4 is 17.2 Å². The molecule has 4 rings (SSSR count). The third-order valence-electron chi connectivity index (χ3n) is 6.05. The summed E-state index contributed by atoms with van der Waals surface area (Å²) in [6.07, 6.45) is 3.51. The van der Waals surface area contributed by atoms with E-state index in [0.29, 0.717) is 12.5 Å². The zero-order valence-corrected chi connectivity index (χ0v) is 16.8. The van der Waals surface area contributed by atoms with Gasteiger partial charge in [0.05, 0.1) is 18.6 Å². The number of thiophene rings is 1. The molecule has 2 fully saturated rings. The molecule has 1 amide bonds. The summed E-state index contributed by atoms with van der Waals surface area (Å²) >= 11 is 1.65. The van der Waals surface area contributed by atoms with Gasteiger partial charge in [-0.15, -0.1) is 0 Å². The van der Waals surface area contributed by atoms with E-state index < -0.39 is 0 Å². The summed E-state index contributed by atoms with van der Waals surface area (Å²) in [6, 6.07) is 13.1. The van der Waals surface area contributed by atoms with Gasteiger partial charge in [-0.1, -0.05) is 30.3 Å². The Morgan fingerprint density at radius 3 is 2.70 bits per heavy atom. The molecule has 1 spiro atoms. The third kappa shape index (κ3) is 4.42. The lowest BCUT2D eigenvalue weighted by atomic mass is 9.87. The monoisotopic (exact) mass is 384 g/mol. The van der Waals surface area contributed by atoms with Gasteiger partial charge in [0.1, 0.15) is 0 Å². The maximum Gasteiger partial charge on any atom is 0.227 e. The van der Waals surface area contributed by atoms with Crippen molar-refractivity contribution in [2.45, 2.75) is 43.9 Å². The van der Waals surface area contributed by atoms with Crippen LogP contribution in [-0.2, 0) is 22.5 Å². The molecule has 5 heteroatoms. The van der Waals surface area contributed by atoms with Gasteiger partial charge in [-0.05, 0) is 54.3 Å². The van der Waals surface area contributed by atoms with Gasteiger partial charge in [-0.25, -0.2) is 0 Å². The standard InChI is InChI=1S/C22H28N2O2S/c1-23(15-18-5-3-2-4-6-18)20-14-22(26-16-20)8-10-24(11-9-22)21(25)13-19-7-12-27-17-19/h2-7,12,17,20H,8-11,13-16H2,1H3/t20-/m0/s1. The number of likely N-dealkylation sites (N-methyl/N-ethyl adjacent to an activating group) is 1. The Kier molecular flexibility index (Phi) is 5.62. The van der Waals surface area contributed by atoms with Crippen LogP contribution in [0.2, 0.25) is 0 Å². The molecule has 2 saturated heterocycles. The van der Waals surface area contributed by atoms with E-state index in [0.717, 1.165) is 51.1 Å². The zero-order valence-electron chi connectivity index (χ0n) is 16.0. The topological polar surface area (TPSA) is 32.8 Å². The van der Waals surface area contributed by atoms with Crippen molar-refractivity contribution in [2.75, 3.05) is 26.7 Å². The van der Waals surface area contributed by atoms with Crippen LogP contribution in [0.25, 0.3) is 0 Å². The number of amides is 1. The molecule has 1 aromatic heterocycles. The number of piperidine rings is 1. The Labute approximate surface area is 165 Å². The Morgan fingerprint density at radius 2 is 2.00 bits per heavy atom. The number of carbonyl (C=O) groups excluding carboxylic acids is 1. The highest BCUT2D eigenvalue weighted by molar-refractivity contribution is 7.08. The van der Waals surface area contributed by atoms with Crippen LogP contribution in [0.5, 0.6) is 0 Å². The average molecular weight is 385 g/mol. The Morgan fingerprint density at radius 1 is 1.22 bits per heavy atom. The maximum atomic E-state index is 12.5. The summed E-state index contributed by atoms with van der Waals surface area (Å²) in [4.78, 5) is 17.0. The fraction of sp³-hybridized carbons (Fsp3) is 0.500. The molecule has 2 aliphatic heterocycles. The highest BCUT2D eigenvalue weighted by atomic mass is 32.1. The molecule has 4 nitrogen and oxygen atoms in total. The van der Waals surface area contributed by atoms with Crippen LogP contribution >= 0.6 is 11.3 Å². The molecule has 0 aliphatic carbocycles. The number of likely N-dealkylation sites (tertiary alicyclic amines) is 1. The van der Waals surface area contributed by atoms with Crippen molar-refractivity contribution in [2.24, 2.45) is 0 Å². The molecule has 0 bridgehead atoms. The minimum absolute atomic E-state index is 0.0330. The molecular weight excluding hydrogens is 356 g/mol. The minimum atomic E-state index is -0.0330. The SMILES string of the molecule is CN(Cc1ccccc1)[C@@H]1COC2(CCN(C(=O)Cc3ccsc3)CC2)C1. The van der Waals surface area contributed by atoms with Gasteiger partial charge in [0.25, 0.3) is 0 Å². The van der Waals surface area contributed by atoms with Gasteiger partial charge >= 0.3 is 0 Å². The number of nitrogens with zero attached hydrogens (tertiary/aromatic N) is 2. The largest absolute Gasteiger partial charge is 0.373 e. The van der Waals surface area contributed by atoms with Crippen LogP contribution in [0.15, 0.2) is 47.2 Å². The lowest BCUT2D eigenvalue weighted by molar-refractivity contribution is -0.135. The van der Waals surface area contributed by atoms with Crippen molar-refractivity contribution in [3.8, 4) is 0 Å². The molecule has 2 aromatic rings. The van der Waals surface area contributed by atoms with Crippen molar-refractivity contribution < 1.29 is 9.53 Å². The predicted octanol–water partition coefficient (Wildman–Crippen LogP) is 3.57. The molecule has 1 atom stereocenters. The van der Waals surface area contributed by atoms with E-state index in [4.69, 9.17) is 4.74 Å². The van der Waals surface area contributed by atoms with Gasteiger partial charge in [0.15, 0.2) is 0 Å². The van der Waals surface area contributed by atoms with Gasteiger partial charge in [-0.3, -0.25) is 9.69 Å². The van der Waals surface area contributed by atoms with E-state index in [1.807, 2.05) is 16.3 Å². The quantitative estimate of drug-likeness (QED) is 0.790. The van der Waals surface area contributed by atoms with Gasteiger partial charge < -0.3 is 9.64 Å². The highest BCUT2D eigenvalue weighted by Crippen LogP contribution is 2.37. The number of ether oxygens (including phenoxy) is 1. The average Bonchev–Trinajstić information content (AvgIpc) is 3.34. The predicted molar refractivity (Wildman–Crippen MR) is 109 cm³/mol. The summed E-state index contributed by atoms with van der Waals surface area (Å²) in [5.74, 6) is 0.249. The third-order valence-corrected chi connectivity index (χ3v) is 6.78. The molecule has 0 saturated carbocycles. The molecule has 0 N–H and O–H groups in total. The van der Waals surface area contributed by atoms with Crippen LogP contribution in [-0.4, -0.2) is 54.1 Å². The molecular formula is C22H28N2O2S. The lowest BCUT2D eigenvalue weighted by Gasteiger charge is -2.39. The summed E-state index contributed by atoms with van der Waals surface area (Å²) in [7, 11) is 2.19.